The van der Waals surface area contributed by atoms with Crippen molar-refractivity contribution >= 4 is 5.97 Å². The molecule has 5 rings (SSSR count). The normalized spacial score (nSPS) is 18.5. The molecule has 2 aliphatic rings. The van der Waals surface area contributed by atoms with E-state index < -0.39 is 17.7 Å². The van der Waals surface area contributed by atoms with Gasteiger partial charge in [-0.1, -0.05) is 24.3 Å². The minimum atomic E-state index is -4.56. The van der Waals surface area contributed by atoms with E-state index in [1.54, 1.807) is 24.3 Å². The van der Waals surface area contributed by atoms with Crippen LogP contribution in [0.3, 0.4) is 0 Å². The highest BCUT2D eigenvalue weighted by Crippen LogP contribution is 2.45. The van der Waals surface area contributed by atoms with Crippen molar-refractivity contribution in [1.29, 1.82) is 0 Å². The van der Waals surface area contributed by atoms with E-state index in [2.05, 4.69) is 4.98 Å². The molecule has 1 aliphatic carbocycles. The predicted octanol–water partition coefficient (Wildman–Crippen LogP) is 5.79. The number of ether oxygens (including phenoxy) is 3. The molecule has 0 amide bonds. The lowest BCUT2D eigenvalue weighted by Gasteiger charge is -2.18. The summed E-state index contributed by atoms with van der Waals surface area (Å²) < 4.78 is 58.2. The first-order valence-corrected chi connectivity index (χ1v) is 11.1. The van der Waals surface area contributed by atoms with Gasteiger partial charge in [0.05, 0.1) is 31.4 Å². The Morgan fingerprint density at radius 1 is 1.17 bits per heavy atom. The maximum absolute atomic E-state index is 13.7. The first-order chi connectivity index (χ1) is 16.7. The summed E-state index contributed by atoms with van der Waals surface area (Å²) in [5.74, 6) is 0.166. The predicted molar refractivity (Wildman–Crippen MR) is 120 cm³/mol. The van der Waals surface area contributed by atoms with Gasteiger partial charge in [-0.25, -0.2) is 4.98 Å². The van der Waals surface area contributed by atoms with Crippen LogP contribution in [0, 0.1) is 0 Å². The van der Waals surface area contributed by atoms with E-state index in [0.717, 1.165) is 22.8 Å². The zero-order valence-corrected chi connectivity index (χ0v) is 18.8. The van der Waals surface area contributed by atoms with Gasteiger partial charge in [0, 0.05) is 29.2 Å². The molecule has 2 atom stereocenters. The molecule has 3 aromatic rings. The molecule has 9 heteroatoms. The Bertz CT molecular complexity index is 1290. The van der Waals surface area contributed by atoms with Gasteiger partial charge in [-0.2, -0.15) is 13.2 Å². The van der Waals surface area contributed by atoms with Gasteiger partial charge in [0.1, 0.15) is 17.6 Å². The number of aromatic nitrogens is 1. The Labute approximate surface area is 199 Å². The van der Waals surface area contributed by atoms with Crippen molar-refractivity contribution in [1.82, 2.24) is 4.98 Å². The standard InChI is InChI=1S/C26H22F3NO5/c1-33-23-10-8-20(26(27,28)29)25(30-23)19-4-2-3-18-17(19)7-9-21(18)35-15-5-6-16-14(11-24(31)32)13-34-22(16)12-15/h2-6,8,10,12,14,21H,7,9,11,13H2,1H3,(H,31,32). The third kappa shape index (κ3) is 4.38. The summed E-state index contributed by atoms with van der Waals surface area (Å²) in [6.45, 7) is 0.301. The molecule has 0 saturated carbocycles. The van der Waals surface area contributed by atoms with Crippen molar-refractivity contribution in [3.8, 4) is 28.6 Å². The maximum Gasteiger partial charge on any atom is 0.418 e. The lowest BCUT2D eigenvalue weighted by atomic mass is 9.97. The summed E-state index contributed by atoms with van der Waals surface area (Å²) in [7, 11) is 1.36. The van der Waals surface area contributed by atoms with E-state index in [-0.39, 0.29) is 30.0 Å². The average Bonchev–Trinajstić information content (AvgIpc) is 3.41. The third-order valence-corrected chi connectivity index (χ3v) is 6.42. The number of rotatable bonds is 6. The highest BCUT2D eigenvalue weighted by atomic mass is 19.4. The van der Waals surface area contributed by atoms with Gasteiger partial charge in [0.15, 0.2) is 0 Å². The van der Waals surface area contributed by atoms with E-state index in [0.29, 0.717) is 36.5 Å². The Kier molecular flexibility index (Phi) is 5.78. The van der Waals surface area contributed by atoms with Crippen LogP contribution in [0.1, 0.15) is 47.1 Å². The number of pyridine rings is 1. The van der Waals surface area contributed by atoms with Crippen molar-refractivity contribution in [3.05, 3.63) is 70.8 Å². The number of hydrogen-bond donors (Lipinski definition) is 1. The van der Waals surface area contributed by atoms with E-state index in [4.69, 9.17) is 19.3 Å². The SMILES string of the molecule is COc1ccc(C(F)(F)F)c(-c2cccc3c2CCC3Oc2ccc3c(c2)OCC3CC(=O)O)n1. The van der Waals surface area contributed by atoms with Crippen molar-refractivity contribution in [2.45, 2.75) is 37.5 Å². The fourth-order valence-electron chi connectivity index (χ4n) is 4.82. The molecule has 2 aromatic carbocycles. The maximum atomic E-state index is 13.7. The summed E-state index contributed by atoms with van der Waals surface area (Å²) in [6.07, 6.45) is -3.79. The molecule has 2 heterocycles. The van der Waals surface area contributed by atoms with Crippen LogP contribution < -0.4 is 14.2 Å². The fourth-order valence-corrected chi connectivity index (χ4v) is 4.82. The molecule has 1 aromatic heterocycles. The number of aliphatic carboxylic acids is 1. The van der Waals surface area contributed by atoms with E-state index in [1.165, 1.54) is 13.2 Å². The largest absolute Gasteiger partial charge is 0.492 e. The molecule has 0 spiro atoms. The van der Waals surface area contributed by atoms with Crippen LogP contribution in [-0.2, 0) is 17.4 Å². The first-order valence-electron chi connectivity index (χ1n) is 11.1. The monoisotopic (exact) mass is 485 g/mol. The van der Waals surface area contributed by atoms with Crippen LogP contribution >= 0.6 is 0 Å². The number of halogens is 3. The average molecular weight is 485 g/mol. The van der Waals surface area contributed by atoms with E-state index in [9.17, 15) is 18.0 Å². The number of carboxylic acids is 1. The van der Waals surface area contributed by atoms with Gasteiger partial charge in [-0.15, -0.1) is 0 Å². The molecule has 1 aliphatic heterocycles. The van der Waals surface area contributed by atoms with Crippen LogP contribution in [0.5, 0.6) is 17.4 Å². The number of alkyl halides is 3. The molecule has 6 nitrogen and oxygen atoms in total. The summed E-state index contributed by atoms with van der Waals surface area (Å²) in [5.41, 5.74) is 1.84. The van der Waals surface area contributed by atoms with Crippen molar-refractivity contribution < 1.29 is 37.3 Å². The molecule has 0 bridgehead atoms. The Morgan fingerprint density at radius 3 is 2.74 bits per heavy atom. The number of benzene rings is 2. The molecule has 0 saturated heterocycles. The lowest BCUT2D eigenvalue weighted by Crippen LogP contribution is -2.10. The van der Waals surface area contributed by atoms with Gasteiger partial charge in [-0.3, -0.25) is 4.79 Å². The van der Waals surface area contributed by atoms with Crippen LogP contribution in [-0.4, -0.2) is 29.8 Å². The minimum Gasteiger partial charge on any atom is -0.492 e. The van der Waals surface area contributed by atoms with Crippen LogP contribution in [0.15, 0.2) is 48.5 Å². The quantitative estimate of drug-likeness (QED) is 0.476. The number of fused-ring (bicyclic) bond motifs is 2. The molecule has 182 valence electrons. The van der Waals surface area contributed by atoms with Crippen LogP contribution in [0.4, 0.5) is 13.2 Å². The summed E-state index contributed by atoms with van der Waals surface area (Å²) in [6, 6.07) is 12.7. The smallest absolute Gasteiger partial charge is 0.418 e. The highest BCUT2D eigenvalue weighted by molar-refractivity contribution is 5.71. The molecule has 0 fully saturated rings. The number of hydrogen-bond acceptors (Lipinski definition) is 5. The zero-order valence-electron chi connectivity index (χ0n) is 18.8. The van der Waals surface area contributed by atoms with Crippen molar-refractivity contribution in [2.24, 2.45) is 0 Å². The second-order valence-corrected chi connectivity index (χ2v) is 8.57. The Hall–Kier alpha value is -3.75. The first kappa shape index (κ1) is 23.0. The van der Waals surface area contributed by atoms with Crippen molar-refractivity contribution in [2.75, 3.05) is 13.7 Å². The third-order valence-electron chi connectivity index (χ3n) is 6.42. The van der Waals surface area contributed by atoms with Gasteiger partial charge in [0.2, 0.25) is 5.88 Å². The zero-order chi connectivity index (χ0) is 24.7. The molecule has 0 radical (unpaired) electrons. The van der Waals surface area contributed by atoms with Gasteiger partial charge in [0.25, 0.3) is 0 Å². The van der Waals surface area contributed by atoms with Gasteiger partial charge < -0.3 is 19.3 Å². The Balaban J connectivity index is 1.45. The van der Waals surface area contributed by atoms with E-state index >= 15 is 0 Å². The second-order valence-electron chi connectivity index (χ2n) is 8.57. The molecular weight excluding hydrogens is 463 g/mol. The van der Waals surface area contributed by atoms with Crippen molar-refractivity contribution in [3.63, 3.8) is 0 Å². The lowest BCUT2D eigenvalue weighted by molar-refractivity contribution is -0.138. The number of nitrogens with zero attached hydrogens (tertiary/aromatic N) is 1. The topological polar surface area (TPSA) is 77.9 Å². The number of carbonyl (C=O) groups is 1. The van der Waals surface area contributed by atoms with Crippen LogP contribution in [0.2, 0.25) is 0 Å². The molecule has 35 heavy (non-hydrogen) atoms. The van der Waals surface area contributed by atoms with Crippen LogP contribution in [0.25, 0.3) is 11.3 Å². The second kappa shape index (κ2) is 8.79. The molecule has 1 N–H and O–H groups in total. The summed E-state index contributed by atoms with van der Waals surface area (Å²) in [5, 5.41) is 9.08. The fraction of sp³-hybridized carbons (Fsp3) is 0.308. The molecular formula is C26H22F3NO5. The number of carboxylic acid groups (broad SMARTS) is 1. The number of methoxy groups -OCH3 is 1. The van der Waals surface area contributed by atoms with E-state index in [1.807, 2.05) is 12.1 Å². The van der Waals surface area contributed by atoms with Gasteiger partial charge in [-0.05, 0) is 36.1 Å². The molecule has 2 unspecified atom stereocenters. The minimum absolute atomic E-state index is 0.00972. The Morgan fingerprint density at radius 2 is 2.00 bits per heavy atom. The summed E-state index contributed by atoms with van der Waals surface area (Å²) >= 11 is 0. The highest BCUT2D eigenvalue weighted by Gasteiger charge is 2.37. The summed E-state index contributed by atoms with van der Waals surface area (Å²) in [4.78, 5) is 15.2. The van der Waals surface area contributed by atoms with Gasteiger partial charge >= 0.3 is 12.1 Å².